The molecular weight excluding hydrogens is 418 g/mol. The highest BCUT2D eigenvalue weighted by molar-refractivity contribution is 6.09. The Morgan fingerprint density at radius 2 is 1.79 bits per heavy atom. The number of ether oxygens (including phenoxy) is 2. The molecule has 0 bridgehead atoms. The summed E-state index contributed by atoms with van der Waals surface area (Å²) in [6.45, 7) is 2.56. The van der Waals surface area contributed by atoms with Gasteiger partial charge in [0.1, 0.15) is 0 Å². The summed E-state index contributed by atoms with van der Waals surface area (Å²) in [6, 6.07) is 21.1. The monoisotopic (exact) mass is 443 g/mol. The van der Waals surface area contributed by atoms with Crippen molar-refractivity contribution in [1.82, 2.24) is 9.55 Å². The standard InChI is InChI=1S/C26H25N3O4/c1-3-33-25(31)22-23(19-12-8-10-17-9-4-5-11-18(17)19)29-21-14-7-6-13-20(21)27-26(29)28(24(22)30)15-16-32-2/h4-14,22-23H,3,15-16H2,1-2H3. The molecule has 1 aliphatic rings. The zero-order valence-electron chi connectivity index (χ0n) is 18.6. The van der Waals surface area contributed by atoms with Crippen LogP contribution in [0.1, 0.15) is 18.5 Å². The van der Waals surface area contributed by atoms with Gasteiger partial charge in [-0.1, -0.05) is 54.6 Å². The minimum Gasteiger partial charge on any atom is -0.465 e. The van der Waals surface area contributed by atoms with Gasteiger partial charge in [-0.2, -0.15) is 0 Å². The van der Waals surface area contributed by atoms with Gasteiger partial charge in [-0.15, -0.1) is 0 Å². The van der Waals surface area contributed by atoms with Crippen molar-refractivity contribution in [1.29, 1.82) is 0 Å². The summed E-state index contributed by atoms with van der Waals surface area (Å²) >= 11 is 0. The van der Waals surface area contributed by atoms with Gasteiger partial charge in [-0.25, -0.2) is 4.98 Å². The maximum Gasteiger partial charge on any atom is 0.321 e. The first-order valence-electron chi connectivity index (χ1n) is 11.1. The van der Waals surface area contributed by atoms with E-state index in [9.17, 15) is 9.59 Å². The number of carbonyl (C=O) groups excluding carboxylic acids is 2. The van der Waals surface area contributed by atoms with Gasteiger partial charge >= 0.3 is 5.97 Å². The zero-order chi connectivity index (χ0) is 22.9. The molecule has 0 saturated carbocycles. The second kappa shape index (κ2) is 8.67. The molecule has 5 rings (SSSR count). The molecule has 0 spiro atoms. The van der Waals surface area contributed by atoms with E-state index >= 15 is 0 Å². The van der Waals surface area contributed by atoms with Crippen molar-refractivity contribution in [2.45, 2.75) is 13.0 Å². The average molecular weight is 444 g/mol. The minimum atomic E-state index is -1.04. The maximum atomic E-state index is 13.8. The van der Waals surface area contributed by atoms with Crippen molar-refractivity contribution in [2.75, 3.05) is 31.8 Å². The largest absolute Gasteiger partial charge is 0.465 e. The Hall–Kier alpha value is -3.71. The summed E-state index contributed by atoms with van der Waals surface area (Å²) in [5, 5.41) is 2.03. The first kappa shape index (κ1) is 21.2. The van der Waals surface area contributed by atoms with Gasteiger partial charge in [0.25, 0.3) is 0 Å². The number of hydrogen-bond donors (Lipinski definition) is 0. The number of imidazole rings is 1. The molecule has 2 atom stereocenters. The van der Waals surface area contributed by atoms with Crippen LogP contribution in [0.3, 0.4) is 0 Å². The van der Waals surface area contributed by atoms with Crippen molar-refractivity contribution >= 4 is 39.6 Å². The number of para-hydroxylation sites is 2. The van der Waals surface area contributed by atoms with Crippen molar-refractivity contribution in [3.63, 3.8) is 0 Å². The van der Waals surface area contributed by atoms with Crippen molar-refractivity contribution in [2.24, 2.45) is 5.92 Å². The number of benzene rings is 3. The van der Waals surface area contributed by atoms with E-state index in [1.165, 1.54) is 0 Å². The van der Waals surface area contributed by atoms with Crippen molar-refractivity contribution in [3.8, 4) is 0 Å². The summed E-state index contributed by atoms with van der Waals surface area (Å²) in [7, 11) is 1.58. The van der Waals surface area contributed by atoms with E-state index in [1.807, 2.05) is 71.3 Å². The fraction of sp³-hybridized carbons (Fsp3) is 0.269. The molecule has 2 unspecified atom stereocenters. The molecular formula is C26H25N3O4. The van der Waals surface area contributed by atoms with E-state index in [0.29, 0.717) is 12.6 Å². The number of carbonyl (C=O) groups is 2. The lowest BCUT2D eigenvalue weighted by Crippen LogP contribution is -2.51. The topological polar surface area (TPSA) is 73.7 Å². The highest BCUT2D eigenvalue weighted by atomic mass is 16.5. The second-order valence-electron chi connectivity index (χ2n) is 8.00. The first-order chi connectivity index (χ1) is 16.2. The maximum absolute atomic E-state index is 13.8. The van der Waals surface area contributed by atoms with Crippen LogP contribution < -0.4 is 4.90 Å². The molecule has 0 radical (unpaired) electrons. The van der Waals surface area contributed by atoms with E-state index in [1.54, 1.807) is 18.9 Å². The average Bonchev–Trinajstić information content (AvgIpc) is 3.22. The molecule has 168 valence electrons. The Bertz CT molecular complexity index is 1340. The van der Waals surface area contributed by atoms with Crippen LogP contribution in [0.2, 0.25) is 0 Å². The summed E-state index contributed by atoms with van der Waals surface area (Å²) < 4.78 is 12.7. The lowest BCUT2D eigenvalue weighted by Gasteiger charge is -2.38. The smallest absolute Gasteiger partial charge is 0.321 e. The van der Waals surface area contributed by atoms with Crippen molar-refractivity contribution < 1.29 is 19.1 Å². The molecule has 1 aliphatic heterocycles. The molecule has 4 aromatic rings. The summed E-state index contributed by atoms with van der Waals surface area (Å²) in [5.41, 5.74) is 2.50. The highest BCUT2D eigenvalue weighted by Gasteiger charge is 2.48. The number of hydrogen-bond acceptors (Lipinski definition) is 5. The molecule has 7 heteroatoms. The third kappa shape index (κ3) is 3.45. The minimum absolute atomic E-state index is 0.195. The first-order valence-corrected chi connectivity index (χ1v) is 11.1. The Kier molecular flexibility index (Phi) is 5.56. The molecule has 0 fully saturated rings. The number of nitrogens with zero attached hydrogens (tertiary/aromatic N) is 3. The Labute approximate surface area is 191 Å². The molecule has 2 heterocycles. The third-order valence-electron chi connectivity index (χ3n) is 6.15. The quantitative estimate of drug-likeness (QED) is 0.333. The van der Waals surface area contributed by atoms with Crippen molar-refractivity contribution in [3.05, 3.63) is 72.3 Å². The number of fused-ring (bicyclic) bond motifs is 4. The number of anilines is 1. The van der Waals surface area contributed by atoms with Crippen LogP contribution in [0.5, 0.6) is 0 Å². The van der Waals surface area contributed by atoms with Crippen LogP contribution in [-0.4, -0.2) is 48.3 Å². The Morgan fingerprint density at radius 3 is 2.61 bits per heavy atom. The lowest BCUT2D eigenvalue weighted by molar-refractivity contribution is -0.153. The fourth-order valence-electron chi connectivity index (χ4n) is 4.73. The van der Waals surface area contributed by atoms with Crippen LogP contribution in [-0.2, 0) is 19.1 Å². The highest BCUT2D eigenvalue weighted by Crippen LogP contribution is 2.43. The van der Waals surface area contributed by atoms with E-state index in [4.69, 9.17) is 14.5 Å². The summed E-state index contributed by atoms with van der Waals surface area (Å²) in [6.07, 6.45) is 0. The van der Waals surface area contributed by atoms with Crippen LogP contribution in [0, 0.1) is 5.92 Å². The predicted octanol–water partition coefficient (Wildman–Crippen LogP) is 3.95. The van der Waals surface area contributed by atoms with Gasteiger partial charge in [0.15, 0.2) is 5.92 Å². The molecule has 1 aromatic heterocycles. The molecule has 0 N–H and O–H groups in total. The third-order valence-corrected chi connectivity index (χ3v) is 6.15. The van der Waals surface area contributed by atoms with Crippen LogP contribution in [0.15, 0.2) is 66.7 Å². The van der Waals surface area contributed by atoms with E-state index in [-0.39, 0.29) is 19.1 Å². The normalized spacial score (nSPS) is 18.0. The van der Waals surface area contributed by atoms with Gasteiger partial charge in [0, 0.05) is 7.11 Å². The van der Waals surface area contributed by atoms with E-state index < -0.39 is 17.9 Å². The number of methoxy groups -OCH3 is 1. The number of esters is 1. The van der Waals surface area contributed by atoms with Gasteiger partial charge in [0.2, 0.25) is 11.9 Å². The molecule has 7 nitrogen and oxygen atoms in total. The van der Waals surface area contributed by atoms with Gasteiger partial charge < -0.3 is 14.0 Å². The SMILES string of the molecule is CCOC(=O)C1C(=O)N(CCOC)c2nc3ccccc3n2C1c1cccc2ccccc12. The van der Waals surface area contributed by atoms with Gasteiger partial charge in [-0.05, 0) is 35.4 Å². The predicted molar refractivity (Wildman–Crippen MR) is 126 cm³/mol. The van der Waals surface area contributed by atoms with Crippen LogP contribution >= 0.6 is 0 Å². The Balaban J connectivity index is 1.82. The molecule has 1 amide bonds. The van der Waals surface area contributed by atoms with E-state index in [2.05, 4.69) is 0 Å². The number of rotatable bonds is 6. The number of amides is 1. The molecule has 3 aromatic carbocycles. The van der Waals surface area contributed by atoms with Gasteiger partial charge in [-0.3, -0.25) is 14.5 Å². The lowest BCUT2D eigenvalue weighted by atomic mass is 9.86. The Morgan fingerprint density at radius 1 is 1.03 bits per heavy atom. The number of aromatic nitrogens is 2. The second-order valence-corrected chi connectivity index (χ2v) is 8.00. The van der Waals surface area contributed by atoms with Crippen LogP contribution in [0.25, 0.3) is 21.8 Å². The summed E-state index contributed by atoms with van der Waals surface area (Å²) in [4.78, 5) is 33.4. The molecule has 33 heavy (non-hydrogen) atoms. The molecule has 0 aliphatic carbocycles. The fourth-order valence-corrected chi connectivity index (χ4v) is 4.73. The summed E-state index contributed by atoms with van der Waals surface area (Å²) in [5.74, 6) is -1.40. The molecule has 0 saturated heterocycles. The van der Waals surface area contributed by atoms with Crippen LogP contribution in [0.4, 0.5) is 5.95 Å². The van der Waals surface area contributed by atoms with E-state index in [0.717, 1.165) is 27.4 Å². The van der Waals surface area contributed by atoms with Gasteiger partial charge in [0.05, 0.1) is 36.8 Å². The zero-order valence-corrected chi connectivity index (χ0v) is 18.6.